The smallest absolute Gasteiger partial charge is 0.269 e. The zero-order chi connectivity index (χ0) is 18.4. The number of rotatable bonds is 6. The number of hydrogen-bond acceptors (Lipinski definition) is 5. The molecule has 0 spiro atoms. The lowest BCUT2D eigenvalue weighted by molar-refractivity contribution is -0.124. The Morgan fingerprint density at radius 1 is 1.28 bits per heavy atom. The predicted molar refractivity (Wildman–Crippen MR) is 93.8 cm³/mol. The summed E-state index contributed by atoms with van der Waals surface area (Å²) in [5.41, 5.74) is 1.61. The molecular weight excluding hydrogens is 322 g/mol. The van der Waals surface area contributed by atoms with Crippen LogP contribution in [0.1, 0.15) is 29.4 Å². The van der Waals surface area contributed by atoms with Crippen molar-refractivity contribution in [3.63, 3.8) is 0 Å². The van der Waals surface area contributed by atoms with Crippen LogP contribution in [-0.2, 0) is 4.79 Å². The molecule has 3 N–H and O–H groups in total. The average Bonchev–Trinajstić information content (AvgIpc) is 2.63. The number of amides is 2. The highest BCUT2D eigenvalue weighted by Gasteiger charge is 2.14. The fourth-order valence-corrected chi connectivity index (χ4v) is 2.05. The van der Waals surface area contributed by atoms with E-state index in [1.807, 2.05) is 6.92 Å². The highest BCUT2D eigenvalue weighted by molar-refractivity contribution is 5.94. The Hall–Kier alpha value is -2.93. The first-order chi connectivity index (χ1) is 11.9. The van der Waals surface area contributed by atoms with E-state index in [1.54, 1.807) is 31.2 Å². The van der Waals surface area contributed by atoms with Crippen molar-refractivity contribution < 1.29 is 19.4 Å². The summed E-state index contributed by atoms with van der Waals surface area (Å²) in [5.74, 6) is 0.200. The summed E-state index contributed by atoms with van der Waals surface area (Å²) in [6.07, 6.45) is 0.764. The van der Waals surface area contributed by atoms with Crippen molar-refractivity contribution in [3.05, 3.63) is 47.8 Å². The summed E-state index contributed by atoms with van der Waals surface area (Å²) in [5, 5.41) is 14.7. The van der Waals surface area contributed by atoms with Gasteiger partial charge in [0.15, 0.2) is 0 Å². The number of hydrogen-bond donors (Lipinski definition) is 3. The molecule has 25 heavy (non-hydrogen) atoms. The minimum absolute atomic E-state index is 0.244. The first-order valence-electron chi connectivity index (χ1n) is 7.90. The molecule has 2 amide bonds. The standard InChI is InChI=1S/C18H21N3O4/c1-4-15(22)18(24)21-12-6-5-11(2)16(9-12)25-13-7-8-20-14(10-13)17(23)19-3/h5-10,15,22H,4H2,1-3H3,(H,19,23)(H,21,24)/t15-/m0/s1. The van der Waals surface area contributed by atoms with E-state index in [0.717, 1.165) is 5.56 Å². The molecule has 0 fully saturated rings. The van der Waals surface area contributed by atoms with Gasteiger partial charge in [0.2, 0.25) is 0 Å². The molecule has 1 aromatic heterocycles. The number of nitrogens with one attached hydrogen (secondary N) is 2. The van der Waals surface area contributed by atoms with Crippen molar-refractivity contribution in [2.75, 3.05) is 12.4 Å². The van der Waals surface area contributed by atoms with Gasteiger partial charge in [-0.15, -0.1) is 0 Å². The number of aliphatic hydroxyl groups is 1. The summed E-state index contributed by atoms with van der Waals surface area (Å²) in [6, 6.07) is 8.35. The number of anilines is 1. The molecule has 0 aliphatic carbocycles. The topological polar surface area (TPSA) is 101 Å². The highest BCUT2D eigenvalue weighted by atomic mass is 16.5. The molecule has 1 aromatic carbocycles. The molecule has 0 aliphatic rings. The van der Waals surface area contributed by atoms with E-state index in [4.69, 9.17) is 4.74 Å². The average molecular weight is 343 g/mol. The van der Waals surface area contributed by atoms with Crippen LogP contribution in [0.25, 0.3) is 0 Å². The zero-order valence-corrected chi connectivity index (χ0v) is 14.4. The maximum absolute atomic E-state index is 11.8. The molecule has 0 radical (unpaired) electrons. The third-order valence-corrected chi connectivity index (χ3v) is 3.56. The van der Waals surface area contributed by atoms with Crippen LogP contribution in [0.2, 0.25) is 0 Å². The van der Waals surface area contributed by atoms with Crippen LogP contribution in [-0.4, -0.2) is 35.1 Å². The van der Waals surface area contributed by atoms with Gasteiger partial charge in [-0.3, -0.25) is 14.6 Å². The van der Waals surface area contributed by atoms with Gasteiger partial charge in [0.05, 0.1) is 0 Å². The molecule has 2 rings (SSSR count). The van der Waals surface area contributed by atoms with Crippen molar-refractivity contribution >= 4 is 17.5 Å². The number of benzene rings is 1. The summed E-state index contributed by atoms with van der Waals surface area (Å²) < 4.78 is 5.82. The van der Waals surface area contributed by atoms with Gasteiger partial charge < -0.3 is 20.5 Å². The second-order valence-corrected chi connectivity index (χ2v) is 5.45. The third-order valence-electron chi connectivity index (χ3n) is 3.56. The summed E-state index contributed by atoms with van der Waals surface area (Å²) in [6.45, 7) is 3.59. The number of ether oxygens (including phenoxy) is 1. The van der Waals surface area contributed by atoms with Crippen molar-refractivity contribution in [1.29, 1.82) is 0 Å². The Labute approximate surface area is 146 Å². The number of pyridine rings is 1. The van der Waals surface area contributed by atoms with E-state index in [2.05, 4.69) is 15.6 Å². The monoisotopic (exact) mass is 343 g/mol. The molecule has 1 heterocycles. The van der Waals surface area contributed by atoms with Crippen LogP contribution in [0.4, 0.5) is 5.69 Å². The van der Waals surface area contributed by atoms with Crippen molar-refractivity contribution in [2.45, 2.75) is 26.4 Å². The van der Waals surface area contributed by atoms with Gasteiger partial charge >= 0.3 is 0 Å². The van der Waals surface area contributed by atoms with Crippen molar-refractivity contribution in [2.24, 2.45) is 0 Å². The van der Waals surface area contributed by atoms with Crippen molar-refractivity contribution in [3.8, 4) is 11.5 Å². The fourth-order valence-electron chi connectivity index (χ4n) is 2.05. The van der Waals surface area contributed by atoms with Gasteiger partial charge in [0.25, 0.3) is 11.8 Å². The van der Waals surface area contributed by atoms with Crippen molar-refractivity contribution in [1.82, 2.24) is 10.3 Å². The molecule has 2 aromatic rings. The lowest BCUT2D eigenvalue weighted by atomic mass is 10.2. The molecule has 132 valence electrons. The molecule has 0 saturated carbocycles. The van der Waals surface area contributed by atoms with E-state index < -0.39 is 12.0 Å². The number of carbonyl (C=O) groups excluding carboxylic acids is 2. The largest absolute Gasteiger partial charge is 0.457 e. The van der Waals surface area contributed by atoms with Crippen LogP contribution in [0.5, 0.6) is 11.5 Å². The maximum atomic E-state index is 11.8. The second-order valence-electron chi connectivity index (χ2n) is 5.45. The van der Waals surface area contributed by atoms with Crippen LogP contribution in [0.15, 0.2) is 36.5 Å². The van der Waals surface area contributed by atoms with E-state index in [9.17, 15) is 14.7 Å². The van der Waals surface area contributed by atoms with Gasteiger partial charge in [-0.2, -0.15) is 0 Å². The van der Waals surface area contributed by atoms with E-state index in [1.165, 1.54) is 19.3 Å². The van der Waals surface area contributed by atoms with Crippen LogP contribution in [0.3, 0.4) is 0 Å². The molecule has 0 unspecified atom stereocenters. The van der Waals surface area contributed by atoms with Gasteiger partial charge in [-0.1, -0.05) is 13.0 Å². The highest BCUT2D eigenvalue weighted by Crippen LogP contribution is 2.28. The third kappa shape index (κ3) is 4.77. The number of aromatic nitrogens is 1. The SMILES string of the molecule is CC[C@H](O)C(=O)Nc1ccc(C)c(Oc2ccnc(C(=O)NC)c2)c1. The van der Waals surface area contributed by atoms with Gasteiger partial charge in [-0.25, -0.2) is 0 Å². The summed E-state index contributed by atoms with van der Waals surface area (Å²) in [4.78, 5) is 27.4. The number of nitrogens with zero attached hydrogens (tertiary/aromatic N) is 1. The predicted octanol–water partition coefficient (Wildman–Crippen LogP) is 2.25. The number of carbonyl (C=O) groups is 2. The van der Waals surface area contributed by atoms with Gasteiger partial charge in [0, 0.05) is 31.1 Å². The summed E-state index contributed by atoms with van der Waals surface area (Å²) >= 11 is 0. The second kappa shape index (κ2) is 8.25. The molecule has 1 atom stereocenters. The first-order valence-corrected chi connectivity index (χ1v) is 7.90. The van der Waals surface area contributed by atoms with Gasteiger partial charge in [0.1, 0.15) is 23.3 Å². The van der Waals surface area contributed by atoms with E-state index in [0.29, 0.717) is 23.6 Å². The Morgan fingerprint density at radius 3 is 2.72 bits per heavy atom. The Kier molecular flexibility index (Phi) is 6.08. The van der Waals surface area contributed by atoms with E-state index in [-0.39, 0.29) is 11.6 Å². The summed E-state index contributed by atoms with van der Waals surface area (Å²) in [7, 11) is 1.53. The van der Waals surface area contributed by atoms with Crippen LogP contribution < -0.4 is 15.4 Å². The van der Waals surface area contributed by atoms with Gasteiger partial charge in [-0.05, 0) is 31.0 Å². The molecule has 7 heteroatoms. The van der Waals surface area contributed by atoms with Crippen LogP contribution in [0, 0.1) is 6.92 Å². The molecular formula is C18H21N3O4. The lowest BCUT2D eigenvalue weighted by Gasteiger charge is -2.13. The fraction of sp³-hybridized carbons (Fsp3) is 0.278. The quantitative estimate of drug-likeness (QED) is 0.747. The van der Waals surface area contributed by atoms with E-state index >= 15 is 0 Å². The molecule has 0 aliphatic heterocycles. The Balaban J connectivity index is 2.21. The number of aliphatic hydroxyl groups excluding tert-OH is 1. The zero-order valence-electron chi connectivity index (χ0n) is 14.4. The Morgan fingerprint density at radius 2 is 2.04 bits per heavy atom. The Bertz CT molecular complexity index is 777. The minimum atomic E-state index is -1.05. The molecule has 0 saturated heterocycles. The lowest BCUT2D eigenvalue weighted by Crippen LogP contribution is -2.26. The number of aryl methyl sites for hydroxylation is 1. The molecule has 0 bridgehead atoms. The van der Waals surface area contributed by atoms with Crippen LogP contribution >= 0.6 is 0 Å². The molecule has 7 nitrogen and oxygen atoms in total. The maximum Gasteiger partial charge on any atom is 0.269 e. The first kappa shape index (κ1) is 18.4. The minimum Gasteiger partial charge on any atom is -0.457 e. The normalized spacial score (nSPS) is 11.5.